The predicted octanol–water partition coefficient (Wildman–Crippen LogP) is 0.654. The maximum Gasteiger partial charge on any atom is 0.0950 e. The Bertz CT molecular complexity index is 244. The van der Waals surface area contributed by atoms with E-state index in [1.54, 1.807) is 7.11 Å². The molecule has 1 N–H and O–H groups in total. The van der Waals surface area contributed by atoms with Gasteiger partial charge in [0, 0.05) is 32.8 Å². The lowest BCUT2D eigenvalue weighted by Crippen LogP contribution is -2.46. The molecule has 0 spiro atoms. The smallest absolute Gasteiger partial charge is 0.0950 e. The molecular formula is C13H28N2O2. The number of methoxy groups -OCH3 is 1. The zero-order valence-corrected chi connectivity index (χ0v) is 12.1. The monoisotopic (exact) mass is 244 g/mol. The van der Waals surface area contributed by atoms with E-state index in [4.69, 9.17) is 4.74 Å². The molecule has 0 aromatic carbocycles. The zero-order valence-electron chi connectivity index (χ0n) is 12.1. The number of aliphatic hydroxyl groups excluding tert-OH is 1. The van der Waals surface area contributed by atoms with Crippen molar-refractivity contribution < 1.29 is 9.84 Å². The van der Waals surface area contributed by atoms with Gasteiger partial charge in [0.15, 0.2) is 0 Å². The fraction of sp³-hybridized carbons (Fsp3) is 1.00. The molecule has 1 fully saturated rings. The van der Waals surface area contributed by atoms with Crippen LogP contribution in [-0.4, -0.2) is 73.5 Å². The molecule has 102 valence electrons. The molecule has 0 saturated carbocycles. The number of β-amino-alcohol motifs (C(OH)–C–C–N with tert-alkyl or cyclic N) is 1. The summed E-state index contributed by atoms with van der Waals surface area (Å²) in [5, 5.41) is 10.2. The first-order valence-corrected chi connectivity index (χ1v) is 6.40. The van der Waals surface area contributed by atoms with Crippen LogP contribution in [0.3, 0.4) is 0 Å². The van der Waals surface area contributed by atoms with Gasteiger partial charge in [-0.3, -0.25) is 4.90 Å². The van der Waals surface area contributed by atoms with Crippen LogP contribution in [0.2, 0.25) is 0 Å². The summed E-state index contributed by atoms with van der Waals surface area (Å²) in [6.45, 7) is 8.92. The summed E-state index contributed by atoms with van der Waals surface area (Å²) < 4.78 is 5.32. The molecular weight excluding hydrogens is 216 g/mol. The van der Waals surface area contributed by atoms with Crippen molar-refractivity contribution >= 4 is 0 Å². The second-order valence-corrected chi connectivity index (χ2v) is 6.05. The molecule has 0 radical (unpaired) electrons. The molecule has 1 aliphatic rings. The third-order valence-electron chi connectivity index (χ3n) is 4.07. The number of ether oxygens (including phenoxy) is 1. The van der Waals surface area contributed by atoms with E-state index in [0.29, 0.717) is 18.5 Å². The van der Waals surface area contributed by atoms with Crippen LogP contribution in [0.4, 0.5) is 0 Å². The minimum Gasteiger partial charge on any atom is -0.389 e. The first-order valence-electron chi connectivity index (χ1n) is 6.40. The van der Waals surface area contributed by atoms with E-state index in [1.807, 2.05) is 13.8 Å². The molecule has 3 unspecified atom stereocenters. The summed E-state index contributed by atoms with van der Waals surface area (Å²) in [5.41, 5.74) is -0.473. The van der Waals surface area contributed by atoms with Crippen molar-refractivity contribution in [2.45, 2.75) is 38.5 Å². The maximum atomic E-state index is 10.2. The average molecular weight is 244 g/mol. The highest BCUT2D eigenvalue weighted by atomic mass is 16.5. The maximum absolute atomic E-state index is 10.2. The van der Waals surface area contributed by atoms with Crippen LogP contribution in [0.25, 0.3) is 0 Å². The molecule has 1 saturated heterocycles. The lowest BCUT2D eigenvalue weighted by atomic mass is 10.0. The van der Waals surface area contributed by atoms with Crippen molar-refractivity contribution in [3.63, 3.8) is 0 Å². The van der Waals surface area contributed by atoms with Gasteiger partial charge in [0.05, 0.1) is 11.7 Å². The van der Waals surface area contributed by atoms with Gasteiger partial charge in [0.1, 0.15) is 0 Å². The molecule has 0 aromatic heterocycles. The van der Waals surface area contributed by atoms with E-state index >= 15 is 0 Å². The molecule has 0 aliphatic carbocycles. The molecule has 1 heterocycles. The highest BCUT2D eigenvalue weighted by molar-refractivity contribution is 4.90. The molecule has 4 nitrogen and oxygen atoms in total. The van der Waals surface area contributed by atoms with E-state index in [-0.39, 0.29) is 0 Å². The second-order valence-electron chi connectivity index (χ2n) is 6.05. The number of rotatable bonds is 5. The van der Waals surface area contributed by atoms with Crippen LogP contribution >= 0.6 is 0 Å². The van der Waals surface area contributed by atoms with Crippen molar-refractivity contribution in [3.8, 4) is 0 Å². The first kappa shape index (κ1) is 14.9. The predicted molar refractivity (Wildman–Crippen MR) is 70.2 cm³/mol. The van der Waals surface area contributed by atoms with Crippen LogP contribution in [0.5, 0.6) is 0 Å². The number of hydrogen-bond donors (Lipinski definition) is 1. The van der Waals surface area contributed by atoms with Crippen molar-refractivity contribution in [3.05, 3.63) is 0 Å². The molecule has 3 atom stereocenters. The minimum absolute atomic E-state index is 0.444. The van der Waals surface area contributed by atoms with Gasteiger partial charge in [-0.1, -0.05) is 6.92 Å². The van der Waals surface area contributed by atoms with E-state index in [1.165, 1.54) is 0 Å². The van der Waals surface area contributed by atoms with Gasteiger partial charge >= 0.3 is 0 Å². The lowest BCUT2D eigenvalue weighted by Gasteiger charge is -2.32. The van der Waals surface area contributed by atoms with Gasteiger partial charge in [-0.15, -0.1) is 0 Å². The molecule has 0 amide bonds. The van der Waals surface area contributed by atoms with Gasteiger partial charge in [0.25, 0.3) is 0 Å². The summed E-state index contributed by atoms with van der Waals surface area (Å²) in [7, 11) is 5.90. The molecule has 1 rings (SSSR count). The fourth-order valence-corrected chi connectivity index (χ4v) is 2.47. The number of hydrogen-bond acceptors (Lipinski definition) is 4. The van der Waals surface area contributed by atoms with E-state index in [0.717, 1.165) is 13.1 Å². The molecule has 0 bridgehead atoms. The Kier molecular flexibility index (Phi) is 4.95. The minimum atomic E-state index is -0.473. The van der Waals surface area contributed by atoms with E-state index in [2.05, 4.69) is 30.8 Å². The SMILES string of the molecule is COC(C)(C)C(O)CN1CC(C)C(N(C)C)C1. The van der Waals surface area contributed by atoms with E-state index in [9.17, 15) is 5.11 Å². The van der Waals surface area contributed by atoms with Gasteiger partial charge < -0.3 is 14.7 Å². The molecule has 0 aromatic rings. The fourth-order valence-electron chi connectivity index (χ4n) is 2.47. The van der Waals surface area contributed by atoms with Crippen molar-refractivity contribution in [1.82, 2.24) is 9.80 Å². The largest absolute Gasteiger partial charge is 0.389 e. The molecule has 4 heteroatoms. The third-order valence-corrected chi connectivity index (χ3v) is 4.07. The van der Waals surface area contributed by atoms with Gasteiger partial charge in [-0.05, 0) is 33.9 Å². The third kappa shape index (κ3) is 3.65. The Balaban J connectivity index is 2.50. The quantitative estimate of drug-likeness (QED) is 0.770. The number of likely N-dealkylation sites (N-methyl/N-ethyl adjacent to an activating group) is 1. The highest BCUT2D eigenvalue weighted by Gasteiger charge is 2.35. The number of aliphatic hydroxyl groups is 1. The Morgan fingerprint density at radius 1 is 1.41 bits per heavy atom. The Hall–Kier alpha value is -0.160. The van der Waals surface area contributed by atoms with Crippen LogP contribution in [0, 0.1) is 5.92 Å². The Morgan fingerprint density at radius 2 is 2.00 bits per heavy atom. The average Bonchev–Trinajstić information content (AvgIpc) is 2.59. The second kappa shape index (κ2) is 5.65. The zero-order chi connectivity index (χ0) is 13.2. The van der Waals surface area contributed by atoms with E-state index < -0.39 is 11.7 Å². The summed E-state index contributed by atoms with van der Waals surface area (Å²) in [4.78, 5) is 4.61. The van der Waals surface area contributed by atoms with Crippen LogP contribution in [-0.2, 0) is 4.74 Å². The van der Waals surface area contributed by atoms with Crippen LogP contribution in [0.1, 0.15) is 20.8 Å². The van der Waals surface area contributed by atoms with Crippen molar-refractivity contribution in [1.29, 1.82) is 0 Å². The van der Waals surface area contributed by atoms with Gasteiger partial charge in [-0.2, -0.15) is 0 Å². The summed E-state index contributed by atoms with van der Waals surface area (Å²) in [5.74, 6) is 0.655. The molecule has 1 aliphatic heterocycles. The number of likely N-dealkylation sites (tertiary alicyclic amines) is 1. The standard InChI is InChI=1S/C13H28N2O2/c1-10-7-15(8-11(10)14(4)5)9-12(16)13(2,3)17-6/h10-12,16H,7-9H2,1-6H3. The van der Waals surface area contributed by atoms with Crippen molar-refractivity contribution in [2.75, 3.05) is 40.8 Å². The van der Waals surface area contributed by atoms with Gasteiger partial charge in [-0.25, -0.2) is 0 Å². The Morgan fingerprint density at radius 3 is 2.41 bits per heavy atom. The normalized spacial score (nSPS) is 28.9. The van der Waals surface area contributed by atoms with Crippen molar-refractivity contribution in [2.24, 2.45) is 5.92 Å². The highest BCUT2D eigenvalue weighted by Crippen LogP contribution is 2.22. The first-order chi connectivity index (χ1) is 7.77. The molecule has 17 heavy (non-hydrogen) atoms. The van der Waals surface area contributed by atoms with Crippen LogP contribution < -0.4 is 0 Å². The lowest BCUT2D eigenvalue weighted by molar-refractivity contribution is -0.0863. The number of nitrogens with zero attached hydrogens (tertiary/aromatic N) is 2. The topological polar surface area (TPSA) is 35.9 Å². The van der Waals surface area contributed by atoms with Crippen LogP contribution in [0.15, 0.2) is 0 Å². The summed E-state index contributed by atoms with van der Waals surface area (Å²) >= 11 is 0. The van der Waals surface area contributed by atoms with Gasteiger partial charge in [0.2, 0.25) is 0 Å². The summed E-state index contributed by atoms with van der Waals surface area (Å²) in [6, 6.07) is 0.591. The summed E-state index contributed by atoms with van der Waals surface area (Å²) in [6.07, 6.45) is -0.444. The Labute approximate surface area is 106 Å².